The Kier molecular flexibility index (Phi) is 3.69. The SMILES string of the molecule is O=C(c1cc2cccc(Cl)c2o1)C(C(F)(F)F)C(F)(F)F. The Morgan fingerprint density at radius 3 is 2.14 bits per heavy atom. The summed E-state index contributed by atoms with van der Waals surface area (Å²) in [5, 5.41) is 0.107. The minimum atomic E-state index is -5.77. The highest BCUT2D eigenvalue weighted by molar-refractivity contribution is 6.34. The first-order valence-corrected chi connectivity index (χ1v) is 5.75. The molecule has 0 saturated heterocycles. The van der Waals surface area contributed by atoms with Gasteiger partial charge in [0, 0.05) is 5.39 Å². The van der Waals surface area contributed by atoms with Crippen molar-refractivity contribution in [2.24, 2.45) is 5.92 Å². The van der Waals surface area contributed by atoms with Crippen LogP contribution in [0.3, 0.4) is 0 Å². The number of hydrogen-bond acceptors (Lipinski definition) is 2. The third-order valence-electron chi connectivity index (χ3n) is 2.66. The molecule has 0 fully saturated rings. The van der Waals surface area contributed by atoms with Crippen molar-refractivity contribution in [1.82, 2.24) is 0 Å². The van der Waals surface area contributed by atoms with E-state index in [0.29, 0.717) is 0 Å². The highest BCUT2D eigenvalue weighted by Gasteiger charge is 2.61. The van der Waals surface area contributed by atoms with Gasteiger partial charge in [0.1, 0.15) is 0 Å². The highest BCUT2D eigenvalue weighted by Crippen LogP contribution is 2.42. The van der Waals surface area contributed by atoms with Gasteiger partial charge in [-0.15, -0.1) is 0 Å². The summed E-state index contributed by atoms with van der Waals surface area (Å²) >= 11 is 5.68. The average Bonchev–Trinajstić information content (AvgIpc) is 2.70. The molecule has 0 unspecified atom stereocenters. The van der Waals surface area contributed by atoms with E-state index in [9.17, 15) is 31.1 Å². The van der Waals surface area contributed by atoms with E-state index >= 15 is 0 Å². The molecule has 9 heteroatoms. The molecule has 21 heavy (non-hydrogen) atoms. The van der Waals surface area contributed by atoms with Gasteiger partial charge in [-0.1, -0.05) is 23.7 Å². The molecular formula is C12H5ClF6O2. The zero-order chi connectivity index (χ0) is 16.0. The van der Waals surface area contributed by atoms with E-state index in [-0.39, 0.29) is 16.0 Å². The van der Waals surface area contributed by atoms with Gasteiger partial charge in [-0.25, -0.2) is 0 Å². The minimum absolute atomic E-state index is 0.0258. The van der Waals surface area contributed by atoms with Crippen LogP contribution in [-0.4, -0.2) is 18.1 Å². The second kappa shape index (κ2) is 4.94. The topological polar surface area (TPSA) is 30.2 Å². The van der Waals surface area contributed by atoms with Crippen molar-refractivity contribution < 1.29 is 35.6 Å². The van der Waals surface area contributed by atoms with Crippen LogP contribution >= 0.6 is 11.6 Å². The maximum Gasteiger partial charge on any atom is 0.407 e. The van der Waals surface area contributed by atoms with Gasteiger partial charge in [-0.2, -0.15) is 26.3 Å². The van der Waals surface area contributed by atoms with Crippen LogP contribution in [-0.2, 0) is 0 Å². The molecule has 0 atom stereocenters. The summed E-state index contributed by atoms with van der Waals surface area (Å²) in [5.74, 6) is -7.38. The quantitative estimate of drug-likeness (QED) is 0.572. The smallest absolute Gasteiger partial charge is 0.407 e. The third-order valence-corrected chi connectivity index (χ3v) is 2.95. The predicted molar refractivity (Wildman–Crippen MR) is 61.2 cm³/mol. The number of ketones is 1. The van der Waals surface area contributed by atoms with Crippen molar-refractivity contribution in [2.45, 2.75) is 12.4 Å². The Labute approximate surface area is 118 Å². The fourth-order valence-electron chi connectivity index (χ4n) is 1.77. The summed E-state index contributed by atoms with van der Waals surface area (Å²) in [6.45, 7) is 0. The lowest BCUT2D eigenvalue weighted by Crippen LogP contribution is -2.42. The van der Waals surface area contributed by atoms with Crippen LogP contribution in [0, 0.1) is 5.92 Å². The van der Waals surface area contributed by atoms with Crippen molar-refractivity contribution in [3.63, 3.8) is 0 Å². The summed E-state index contributed by atoms with van der Waals surface area (Å²) in [7, 11) is 0. The highest BCUT2D eigenvalue weighted by atomic mass is 35.5. The number of rotatable bonds is 2. The van der Waals surface area contributed by atoms with Gasteiger partial charge in [-0.05, 0) is 12.1 Å². The van der Waals surface area contributed by atoms with Crippen molar-refractivity contribution in [3.05, 3.63) is 35.0 Å². The normalized spacial score (nSPS) is 13.1. The fourth-order valence-corrected chi connectivity index (χ4v) is 1.99. The summed E-state index contributed by atoms with van der Waals surface area (Å²) < 4.78 is 79.6. The number of carbonyl (C=O) groups is 1. The summed E-state index contributed by atoms with van der Waals surface area (Å²) in [5.41, 5.74) is -0.148. The van der Waals surface area contributed by atoms with Crippen molar-refractivity contribution in [3.8, 4) is 0 Å². The van der Waals surface area contributed by atoms with E-state index < -0.39 is 29.8 Å². The molecule has 1 aromatic heterocycles. The van der Waals surface area contributed by atoms with E-state index in [4.69, 9.17) is 16.0 Å². The maximum atomic E-state index is 12.5. The van der Waals surface area contributed by atoms with Gasteiger partial charge in [0.05, 0.1) is 5.02 Å². The number of Topliss-reactive ketones (excluding diaryl/α,β-unsaturated/α-hetero) is 1. The average molecular weight is 331 g/mol. The van der Waals surface area contributed by atoms with E-state index in [1.165, 1.54) is 18.2 Å². The second-order valence-corrected chi connectivity index (χ2v) is 4.56. The van der Waals surface area contributed by atoms with Gasteiger partial charge in [0.15, 0.2) is 11.3 Å². The summed E-state index contributed by atoms with van der Waals surface area (Å²) in [6, 6.07) is 4.89. The number of alkyl halides is 6. The summed E-state index contributed by atoms with van der Waals surface area (Å²) in [4.78, 5) is 11.5. The summed E-state index contributed by atoms with van der Waals surface area (Å²) in [6.07, 6.45) is -11.5. The Morgan fingerprint density at radius 1 is 1.10 bits per heavy atom. The number of para-hydroxylation sites is 1. The lowest BCUT2D eigenvalue weighted by molar-refractivity contribution is -0.265. The molecule has 0 aliphatic rings. The van der Waals surface area contributed by atoms with Crippen LogP contribution in [0.4, 0.5) is 26.3 Å². The predicted octanol–water partition coefficient (Wildman–Crippen LogP) is 5.01. The molecular weight excluding hydrogens is 326 g/mol. The zero-order valence-corrected chi connectivity index (χ0v) is 10.6. The Balaban J connectivity index is 2.52. The number of carbonyl (C=O) groups excluding carboxylic acids is 1. The molecule has 2 rings (SSSR count). The molecule has 0 saturated carbocycles. The molecule has 1 heterocycles. The standard InChI is InChI=1S/C12H5ClF6O2/c13-6-3-1-2-5-4-7(21-9(5)6)8(20)10(11(14,15)16)12(17,18)19/h1-4,10H. The molecule has 2 nitrogen and oxygen atoms in total. The second-order valence-electron chi connectivity index (χ2n) is 4.15. The number of hydrogen-bond donors (Lipinski definition) is 0. The lowest BCUT2D eigenvalue weighted by atomic mass is 10.0. The first-order chi connectivity index (χ1) is 9.51. The monoisotopic (exact) mass is 330 g/mol. The van der Waals surface area contributed by atoms with Crippen LogP contribution < -0.4 is 0 Å². The van der Waals surface area contributed by atoms with Crippen LogP contribution in [0.5, 0.6) is 0 Å². The Bertz CT molecular complexity index is 671. The molecule has 1 aromatic carbocycles. The third kappa shape index (κ3) is 2.99. The molecule has 2 aromatic rings. The number of benzene rings is 1. The lowest BCUT2D eigenvalue weighted by Gasteiger charge is -2.20. The van der Waals surface area contributed by atoms with Crippen LogP contribution in [0.2, 0.25) is 5.02 Å². The maximum absolute atomic E-state index is 12.5. The molecule has 0 amide bonds. The number of fused-ring (bicyclic) bond motifs is 1. The number of halogens is 7. The molecule has 0 radical (unpaired) electrons. The van der Waals surface area contributed by atoms with Crippen LogP contribution in [0.1, 0.15) is 10.6 Å². The molecule has 0 bridgehead atoms. The first kappa shape index (κ1) is 15.7. The van der Waals surface area contributed by atoms with Gasteiger partial charge in [-0.3, -0.25) is 4.79 Å². The zero-order valence-electron chi connectivity index (χ0n) is 9.85. The van der Waals surface area contributed by atoms with E-state index in [0.717, 1.165) is 6.07 Å². The van der Waals surface area contributed by atoms with E-state index in [2.05, 4.69) is 0 Å². The molecule has 0 aliphatic carbocycles. The minimum Gasteiger partial charge on any atom is -0.451 e. The van der Waals surface area contributed by atoms with Crippen molar-refractivity contribution >= 4 is 28.4 Å². The Morgan fingerprint density at radius 2 is 1.67 bits per heavy atom. The molecule has 0 spiro atoms. The molecule has 114 valence electrons. The van der Waals surface area contributed by atoms with Crippen molar-refractivity contribution in [1.29, 1.82) is 0 Å². The fraction of sp³-hybridized carbons (Fsp3) is 0.250. The van der Waals surface area contributed by atoms with E-state index in [1.54, 1.807) is 0 Å². The van der Waals surface area contributed by atoms with E-state index in [1.807, 2.05) is 0 Å². The van der Waals surface area contributed by atoms with Crippen molar-refractivity contribution in [2.75, 3.05) is 0 Å². The Hall–Kier alpha value is -1.70. The van der Waals surface area contributed by atoms with Gasteiger partial charge in [0.25, 0.3) is 0 Å². The van der Waals surface area contributed by atoms with Gasteiger partial charge >= 0.3 is 12.4 Å². The largest absolute Gasteiger partial charge is 0.451 e. The first-order valence-electron chi connectivity index (χ1n) is 5.37. The molecule has 0 aliphatic heterocycles. The molecule has 0 N–H and O–H groups in total. The van der Waals surface area contributed by atoms with Crippen LogP contribution in [0.25, 0.3) is 11.0 Å². The van der Waals surface area contributed by atoms with Gasteiger partial charge in [0.2, 0.25) is 11.7 Å². The van der Waals surface area contributed by atoms with Crippen LogP contribution in [0.15, 0.2) is 28.7 Å². The number of furan rings is 1. The van der Waals surface area contributed by atoms with Gasteiger partial charge < -0.3 is 4.42 Å².